The highest BCUT2D eigenvalue weighted by Crippen LogP contribution is 2.33. The van der Waals surface area contributed by atoms with Crippen LogP contribution in [0.15, 0.2) is 60.4 Å². The van der Waals surface area contributed by atoms with E-state index in [0.717, 1.165) is 78.9 Å². The molecule has 188 valence electrons. The minimum absolute atomic E-state index is 0.0257. The van der Waals surface area contributed by atoms with Gasteiger partial charge in [-0.2, -0.15) is 0 Å². The van der Waals surface area contributed by atoms with Gasteiger partial charge in [0.15, 0.2) is 0 Å². The predicted octanol–water partition coefficient (Wildman–Crippen LogP) is 4.92. The van der Waals surface area contributed by atoms with Gasteiger partial charge in [0.05, 0.1) is 11.4 Å². The van der Waals surface area contributed by atoms with Crippen molar-refractivity contribution in [3.8, 4) is 0 Å². The molecule has 2 aromatic rings. The molecule has 0 aromatic carbocycles. The number of carbonyl (C=O) groups is 1. The number of hydrogen-bond acceptors (Lipinski definition) is 4. The van der Waals surface area contributed by atoms with Gasteiger partial charge in [-0.25, -0.2) is 4.98 Å². The average Bonchev–Trinajstić information content (AvgIpc) is 3.23. The highest BCUT2D eigenvalue weighted by molar-refractivity contribution is 5.98. The van der Waals surface area contributed by atoms with Crippen LogP contribution in [-0.4, -0.2) is 62.2 Å². The van der Waals surface area contributed by atoms with Crippen molar-refractivity contribution in [1.82, 2.24) is 24.1 Å². The lowest BCUT2D eigenvalue weighted by Crippen LogP contribution is -2.52. The van der Waals surface area contributed by atoms with Crippen LogP contribution in [0.25, 0.3) is 11.2 Å². The predicted molar refractivity (Wildman–Crippen MR) is 144 cm³/mol. The van der Waals surface area contributed by atoms with Crippen LogP contribution in [0.3, 0.4) is 0 Å². The molecule has 1 saturated carbocycles. The molecule has 0 bridgehead atoms. The van der Waals surface area contributed by atoms with E-state index in [1.807, 2.05) is 17.9 Å². The topological polar surface area (TPSA) is 44.1 Å². The number of carbonyl (C=O) groups excluding carboxylic acids is 1. The number of aromatic nitrogens is 2. The summed E-state index contributed by atoms with van der Waals surface area (Å²) in [6, 6.07) is 3.03. The third kappa shape index (κ3) is 4.21. The summed E-state index contributed by atoms with van der Waals surface area (Å²) in [6.07, 6.45) is 20.5. The molecule has 6 nitrogen and oxygen atoms in total. The molecule has 1 unspecified atom stereocenters. The zero-order valence-electron chi connectivity index (χ0n) is 21.8. The van der Waals surface area contributed by atoms with Gasteiger partial charge in [-0.05, 0) is 73.4 Å². The smallest absolute Gasteiger partial charge is 0.255 e. The van der Waals surface area contributed by atoms with E-state index in [1.54, 1.807) is 0 Å². The fourth-order valence-corrected chi connectivity index (χ4v) is 5.99. The van der Waals surface area contributed by atoms with E-state index >= 15 is 0 Å². The lowest BCUT2D eigenvalue weighted by atomic mass is 9.89. The zero-order valence-corrected chi connectivity index (χ0v) is 21.8. The number of fused-ring (bicyclic) bond motifs is 2. The SMILES string of the molecule is CCc1cc(C2=CC(=O)N3C=C(N4CCN(C5CCC5)CC4)C=CC3=CCC2C)cn2cc(C)nc12. The van der Waals surface area contributed by atoms with Crippen molar-refractivity contribution in [3.05, 3.63) is 77.2 Å². The van der Waals surface area contributed by atoms with Crippen LogP contribution in [0, 0.1) is 12.8 Å². The van der Waals surface area contributed by atoms with Gasteiger partial charge in [0.25, 0.3) is 5.91 Å². The van der Waals surface area contributed by atoms with Crippen molar-refractivity contribution in [1.29, 1.82) is 0 Å². The van der Waals surface area contributed by atoms with Crippen molar-refractivity contribution in [2.75, 3.05) is 26.2 Å². The van der Waals surface area contributed by atoms with Crippen molar-refractivity contribution in [2.45, 2.75) is 58.9 Å². The lowest BCUT2D eigenvalue weighted by molar-refractivity contribution is -0.122. The molecular weight excluding hydrogens is 446 g/mol. The number of pyridine rings is 1. The Labute approximate surface area is 214 Å². The Balaban J connectivity index is 1.27. The Bertz CT molecular complexity index is 1300. The highest BCUT2D eigenvalue weighted by Gasteiger charge is 2.30. The molecule has 1 saturated heterocycles. The first kappa shape index (κ1) is 23.3. The Morgan fingerprint density at radius 2 is 1.83 bits per heavy atom. The minimum atomic E-state index is 0.0257. The molecule has 6 heteroatoms. The van der Waals surface area contributed by atoms with Gasteiger partial charge < -0.3 is 9.30 Å². The van der Waals surface area contributed by atoms with Crippen LogP contribution < -0.4 is 0 Å². The van der Waals surface area contributed by atoms with E-state index in [0.29, 0.717) is 0 Å². The maximum atomic E-state index is 13.7. The third-order valence-corrected chi connectivity index (χ3v) is 8.42. The molecule has 0 radical (unpaired) electrons. The maximum Gasteiger partial charge on any atom is 0.255 e. The quantitative estimate of drug-likeness (QED) is 0.619. The van der Waals surface area contributed by atoms with Crippen molar-refractivity contribution in [3.63, 3.8) is 0 Å². The molecule has 4 aliphatic rings. The van der Waals surface area contributed by atoms with Crippen LogP contribution >= 0.6 is 0 Å². The van der Waals surface area contributed by atoms with E-state index in [-0.39, 0.29) is 11.8 Å². The number of amides is 1. The number of nitrogens with zero attached hydrogens (tertiary/aromatic N) is 5. The summed E-state index contributed by atoms with van der Waals surface area (Å²) < 4.78 is 2.12. The summed E-state index contributed by atoms with van der Waals surface area (Å²) in [5.74, 6) is 0.270. The summed E-state index contributed by atoms with van der Waals surface area (Å²) in [7, 11) is 0. The second-order valence-electron chi connectivity index (χ2n) is 10.8. The first-order valence-corrected chi connectivity index (χ1v) is 13.6. The van der Waals surface area contributed by atoms with E-state index < -0.39 is 0 Å². The molecule has 1 aliphatic carbocycles. The van der Waals surface area contributed by atoms with Crippen molar-refractivity contribution >= 4 is 17.1 Å². The van der Waals surface area contributed by atoms with E-state index in [9.17, 15) is 4.79 Å². The molecule has 1 atom stereocenters. The summed E-state index contributed by atoms with van der Waals surface area (Å²) in [4.78, 5) is 25.3. The van der Waals surface area contributed by atoms with Gasteiger partial charge in [-0.3, -0.25) is 14.6 Å². The number of allylic oxidation sites excluding steroid dienone is 4. The summed E-state index contributed by atoms with van der Waals surface area (Å²) >= 11 is 0. The number of hydrogen-bond donors (Lipinski definition) is 0. The monoisotopic (exact) mass is 483 g/mol. The third-order valence-electron chi connectivity index (χ3n) is 8.42. The van der Waals surface area contributed by atoms with E-state index in [1.165, 1.54) is 24.8 Å². The largest absolute Gasteiger partial charge is 0.368 e. The number of imidazole rings is 1. The summed E-state index contributed by atoms with van der Waals surface area (Å²) in [6.45, 7) is 10.7. The molecule has 5 heterocycles. The van der Waals surface area contributed by atoms with Gasteiger partial charge in [0.2, 0.25) is 0 Å². The fraction of sp³-hybridized carbons (Fsp3) is 0.467. The molecule has 0 N–H and O–H groups in total. The standard InChI is InChI=1S/C30H37N5O/c1-4-23-16-24(19-34-18-22(3)31-30(23)34)28-17-29(36)35-20-27(11-10-26(35)9-8-21(28)2)33-14-12-32(13-15-33)25-6-5-7-25/h9-11,16-21,25H,4-8,12-15H2,1-3H3. The number of aryl methyl sites for hydroxylation is 2. The maximum absolute atomic E-state index is 13.7. The zero-order chi connectivity index (χ0) is 24.8. The minimum Gasteiger partial charge on any atom is -0.368 e. The average molecular weight is 484 g/mol. The Kier molecular flexibility index (Phi) is 6.08. The van der Waals surface area contributed by atoms with Gasteiger partial charge in [-0.1, -0.05) is 26.3 Å². The normalized spacial score (nSPS) is 23.6. The molecule has 3 aliphatic heterocycles. The summed E-state index contributed by atoms with van der Waals surface area (Å²) in [5.41, 5.74) is 7.56. The van der Waals surface area contributed by atoms with Crippen molar-refractivity contribution < 1.29 is 4.79 Å². The van der Waals surface area contributed by atoms with E-state index in [2.05, 4.69) is 70.9 Å². The van der Waals surface area contributed by atoms with Crippen LogP contribution in [0.4, 0.5) is 0 Å². The van der Waals surface area contributed by atoms with E-state index in [4.69, 9.17) is 4.98 Å². The van der Waals surface area contributed by atoms with Crippen LogP contribution in [0.2, 0.25) is 0 Å². The number of piperazine rings is 1. The first-order chi connectivity index (χ1) is 17.5. The number of rotatable bonds is 4. The Hall–Kier alpha value is -3.12. The highest BCUT2D eigenvalue weighted by atomic mass is 16.2. The molecule has 2 aromatic heterocycles. The van der Waals surface area contributed by atoms with Gasteiger partial charge >= 0.3 is 0 Å². The van der Waals surface area contributed by atoms with Gasteiger partial charge in [0, 0.05) is 62.6 Å². The molecule has 2 fully saturated rings. The van der Waals surface area contributed by atoms with Crippen LogP contribution in [0.1, 0.15) is 56.4 Å². The van der Waals surface area contributed by atoms with Gasteiger partial charge in [0.1, 0.15) is 5.65 Å². The second kappa shape index (κ2) is 9.40. The second-order valence-corrected chi connectivity index (χ2v) is 10.8. The van der Waals surface area contributed by atoms with Crippen LogP contribution in [0.5, 0.6) is 0 Å². The lowest BCUT2D eigenvalue weighted by Gasteiger charge is -2.44. The molecule has 6 rings (SSSR count). The molecule has 1 amide bonds. The fourth-order valence-electron chi connectivity index (χ4n) is 5.99. The molecular formula is C30H37N5O. The Morgan fingerprint density at radius 1 is 1.06 bits per heavy atom. The van der Waals surface area contributed by atoms with Gasteiger partial charge in [-0.15, -0.1) is 0 Å². The molecule has 36 heavy (non-hydrogen) atoms. The molecule has 0 spiro atoms. The Morgan fingerprint density at radius 3 is 2.56 bits per heavy atom. The van der Waals surface area contributed by atoms with Crippen molar-refractivity contribution in [2.24, 2.45) is 5.92 Å². The first-order valence-electron chi connectivity index (χ1n) is 13.6. The van der Waals surface area contributed by atoms with Crippen LogP contribution in [-0.2, 0) is 11.2 Å². The summed E-state index contributed by atoms with van der Waals surface area (Å²) in [5, 5.41) is 0.